The Hall–Kier alpha value is -2.12. The van der Waals surface area contributed by atoms with E-state index < -0.39 is 35.4 Å². The van der Waals surface area contributed by atoms with Gasteiger partial charge in [-0.05, 0) is 57.7 Å². The Balaban J connectivity index is 2.41. The van der Waals surface area contributed by atoms with E-state index in [4.69, 9.17) is 19.9 Å². The number of ether oxygens (including phenoxy) is 3. The number of amides is 1. The average Bonchev–Trinajstić information content (AvgIpc) is 2.84. The summed E-state index contributed by atoms with van der Waals surface area (Å²) in [5.41, 5.74) is 5.60. The van der Waals surface area contributed by atoms with Crippen LogP contribution in [0.5, 0.6) is 0 Å². The van der Waals surface area contributed by atoms with Crippen LogP contribution in [0.15, 0.2) is 24.3 Å². The van der Waals surface area contributed by atoms with Gasteiger partial charge in [0, 0.05) is 5.69 Å². The van der Waals surface area contributed by atoms with Crippen molar-refractivity contribution in [2.75, 3.05) is 12.3 Å². The average molecular weight is 392 g/mol. The van der Waals surface area contributed by atoms with Gasteiger partial charge < -0.3 is 25.3 Å². The number of hydrogen-bond acceptors (Lipinski definition) is 6. The minimum atomic E-state index is -1.40. The second kappa shape index (κ2) is 8.49. The van der Waals surface area contributed by atoms with E-state index in [-0.39, 0.29) is 12.5 Å². The molecule has 3 atom stereocenters. The van der Waals surface area contributed by atoms with Crippen molar-refractivity contribution in [1.82, 2.24) is 5.32 Å². The van der Waals surface area contributed by atoms with Crippen LogP contribution in [0.4, 0.5) is 5.69 Å². The Bertz CT molecular complexity index is 701. The SMILES string of the molecule is CCOC(=O)C(CC(C)C)NC(=O)[C@@]1(c2ccc(N)cc2)OC(C)(C)O[C@H]1C. The standard InChI is InChI=1S/C21H32N2O5/c1-7-26-18(24)17(12-13(2)3)23-19(25)21(14(4)27-20(5,6)28-21)15-8-10-16(22)11-9-15/h8-11,13-14,17H,7,12,22H2,1-6H3,(H,23,25)/t14-,17?,21+/m0/s1. The Kier molecular flexibility index (Phi) is 6.72. The van der Waals surface area contributed by atoms with Crippen LogP contribution in [0, 0.1) is 5.92 Å². The minimum absolute atomic E-state index is 0.191. The van der Waals surface area contributed by atoms with Crippen molar-refractivity contribution in [2.45, 2.75) is 71.5 Å². The molecule has 0 aromatic heterocycles. The Morgan fingerprint density at radius 1 is 1.25 bits per heavy atom. The Labute approximate surface area is 166 Å². The number of hydrogen-bond donors (Lipinski definition) is 2. The van der Waals surface area contributed by atoms with Crippen molar-refractivity contribution < 1.29 is 23.8 Å². The van der Waals surface area contributed by atoms with Crippen molar-refractivity contribution in [3.05, 3.63) is 29.8 Å². The Morgan fingerprint density at radius 2 is 1.86 bits per heavy atom. The first-order valence-electron chi connectivity index (χ1n) is 9.73. The molecule has 1 amide bonds. The molecule has 1 aromatic rings. The molecule has 28 heavy (non-hydrogen) atoms. The van der Waals surface area contributed by atoms with Crippen molar-refractivity contribution in [3.8, 4) is 0 Å². The van der Waals surface area contributed by atoms with E-state index >= 15 is 0 Å². The molecule has 0 spiro atoms. The lowest BCUT2D eigenvalue weighted by Gasteiger charge is -2.32. The lowest BCUT2D eigenvalue weighted by Crippen LogP contribution is -2.55. The summed E-state index contributed by atoms with van der Waals surface area (Å²) in [6.45, 7) is 11.2. The molecule has 7 nitrogen and oxygen atoms in total. The third-order valence-corrected chi connectivity index (χ3v) is 4.70. The highest BCUT2D eigenvalue weighted by atomic mass is 16.8. The van der Waals surface area contributed by atoms with Gasteiger partial charge in [0.1, 0.15) is 12.1 Å². The fraction of sp³-hybridized carbons (Fsp3) is 0.619. The molecule has 1 saturated heterocycles. The largest absolute Gasteiger partial charge is 0.464 e. The van der Waals surface area contributed by atoms with E-state index in [0.717, 1.165) is 0 Å². The van der Waals surface area contributed by atoms with Gasteiger partial charge in [-0.1, -0.05) is 26.0 Å². The monoisotopic (exact) mass is 392 g/mol. The molecule has 1 unspecified atom stereocenters. The molecule has 0 aliphatic carbocycles. The second-order valence-electron chi connectivity index (χ2n) is 8.03. The summed E-state index contributed by atoms with van der Waals surface area (Å²) >= 11 is 0. The molecular formula is C21H32N2O5. The highest BCUT2D eigenvalue weighted by Crippen LogP contribution is 2.44. The summed E-state index contributed by atoms with van der Waals surface area (Å²) in [4.78, 5) is 25.9. The lowest BCUT2D eigenvalue weighted by molar-refractivity contribution is -0.177. The number of benzene rings is 1. The van der Waals surface area contributed by atoms with Crippen LogP contribution >= 0.6 is 0 Å². The number of nitrogens with one attached hydrogen (secondary N) is 1. The third-order valence-electron chi connectivity index (χ3n) is 4.70. The summed E-state index contributed by atoms with van der Waals surface area (Å²) < 4.78 is 17.2. The maximum Gasteiger partial charge on any atom is 0.328 e. The molecule has 3 N–H and O–H groups in total. The first-order valence-corrected chi connectivity index (χ1v) is 9.73. The smallest absolute Gasteiger partial charge is 0.328 e. The zero-order valence-corrected chi connectivity index (χ0v) is 17.6. The van der Waals surface area contributed by atoms with Gasteiger partial charge in [0.15, 0.2) is 5.79 Å². The van der Waals surface area contributed by atoms with E-state index in [0.29, 0.717) is 17.7 Å². The fourth-order valence-corrected chi connectivity index (χ4v) is 3.58. The van der Waals surface area contributed by atoms with Crippen LogP contribution in [0.25, 0.3) is 0 Å². The van der Waals surface area contributed by atoms with E-state index in [1.54, 1.807) is 52.0 Å². The highest BCUT2D eigenvalue weighted by molar-refractivity contribution is 5.91. The molecule has 1 aromatic carbocycles. The molecule has 1 heterocycles. The van der Waals surface area contributed by atoms with Crippen LogP contribution in [0.2, 0.25) is 0 Å². The maximum absolute atomic E-state index is 13.5. The van der Waals surface area contributed by atoms with Crippen molar-refractivity contribution >= 4 is 17.6 Å². The highest BCUT2D eigenvalue weighted by Gasteiger charge is 2.58. The number of carbonyl (C=O) groups is 2. The van der Waals surface area contributed by atoms with Gasteiger partial charge in [0.05, 0.1) is 6.61 Å². The molecule has 0 bridgehead atoms. The molecule has 1 aliphatic heterocycles. The molecule has 2 rings (SSSR count). The van der Waals surface area contributed by atoms with E-state index in [1.807, 2.05) is 13.8 Å². The minimum Gasteiger partial charge on any atom is -0.464 e. The summed E-state index contributed by atoms with van der Waals surface area (Å²) in [6.07, 6.45) is -0.117. The normalized spacial score (nSPS) is 24.8. The van der Waals surface area contributed by atoms with Gasteiger partial charge in [0.2, 0.25) is 5.60 Å². The van der Waals surface area contributed by atoms with Gasteiger partial charge in [0.25, 0.3) is 5.91 Å². The topological polar surface area (TPSA) is 99.9 Å². The van der Waals surface area contributed by atoms with Crippen LogP contribution in [0.1, 0.15) is 53.5 Å². The predicted molar refractivity (Wildman–Crippen MR) is 106 cm³/mol. The van der Waals surface area contributed by atoms with Gasteiger partial charge in [-0.3, -0.25) is 4.79 Å². The first kappa shape index (κ1) is 22.2. The molecule has 156 valence electrons. The van der Waals surface area contributed by atoms with E-state index in [1.165, 1.54) is 0 Å². The molecule has 1 fully saturated rings. The summed E-state index contributed by atoms with van der Waals surface area (Å²) in [7, 11) is 0. The molecule has 1 aliphatic rings. The number of carbonyl (C=O) groups excluding carboxylic acids is 2. The van der Waals surface area contributed by atoms with E-state index in [2.05, 4.69) is 5.32 Å². The molecule has 7 heteroatoms. The predicted octanol–water partition coefficient (Wildman–Crippen LogP) is 2.73. The first-order chi connectivity index (χ1) is 13.0. The number of nitrogens with two attached hydrogens (primary N) is 1. The van der Waals surface area contributed by atoms with Crippen molar-refractivity contribution in [2.24, 2.45) is 5.92 Å². The zero-order valence-electron chi connectivity index (χ0n) is 17.6. The van der Waals surface area contributed by atoms with Gasteiger partial charge in [-0.2, -0.15) is 0 Å². The molecular weight excluding hydrogens is 360 g/mol. The maximum atomic E-state index is 13.5. The summed E-state index contributed by atoms with van der Waals surface area (Å²) in [5, 5.41) is 2.85. The van der Waals surface area contributed by atoms with Crippen LogP contribution in [-0.2, 0) is 29.4 Å². The summed E-state index contributed by atoms with van der Waals surface area (Å²) in [6, 6.07) is 6.15. The van der Waals surface area contributed by atoms with Crippen LogP contribution < -0.4 is 11.1 Å². The fourth-order valence-electron chi connectivity index (χ4n) is 3.58. The molecule has 0 saturated carbocycles. The number of nitrogen functional groups attached to an aromatic ring is 1. The quantitative estimate of drug-likeness (QED) is 0.547. The van der Waals surface area contributed by atoms with Crippen molar-refractivity contribution in [1.29, 1.82) is 0 Å². The van der Waals surface area contributed by atoms with Gasteiger partial charge in [-0.25, -0.2) is 4.79 Å². The van der Waals surface area contributed by atoms with E-state index in [9.17, 15) is 9.59 Å². The lowest BCUT2D eigenvalue weighted by atomic mass is 9.87. The van der Waals surface area contributed by atoms with Gasteiger partial charge >= 0.3 is 5.97 Å². The number of rotatable bonds is 7. The van der Waals surface area contributed by atoms with Crippen LogP contribution in [0.3, 0.4) is 0 Å². The van der Waals surface area contributed by atoms with Crippen LogP contribution in [-0.4, -0.2) is 36.4 Å². The third kappa shape index (κ3) is 4.64. The van der Waals surface area contributed by atoms with Gasteiger partial charge in [-0.15, -0.1) is 0 Å². The number of esters is 1. The second-order valence-corrected chi connectivity index (χ2v) is 8.03. The summed E-state index contributed by atoms with van der Waals surface area (Å²) in [5.74, 6) is -1.66. The molecule has 0 radical (unpaired) electrons. The number of anilines is 1. The zero-order chi connectivity index (χ0) is 21.1. The Morgan fingerprint density at radius 3 is 2.32 bits per heavy atom. The van der Waals surface area contributed by atoms with Crippen molar-refractivity contribution in [3.63, 3.8) is 0 Å².